The van der Waals surface area contributed by atoms with E-state index in [4.69, 9.17) is 14.7 Å². The number of fused-ring (bicyclic) bond motifs is 1. The summed E-state index contributed by atoms with van der Waals surface area (Å²) in [6, 6.07) is 10.5. The lowest BCUT2D eigenvalue weighted by molar-refractivity contribution is -0.117. The first-order chi connectivity index (χ1) is 14.5. The van der Waals surface area contributed by atoms with E-state index in [1.807, 2.05) is 24.1 Å². The summed E-state index contributed by atoms with van der Waals surface area (Å²) >= 11 is 0. The van der Waals surface area contributed by atoms with Crippen LogP contribution in [0.2, 0.25) is 0 Å². The van der Waals surface area contributed by atoms with Gasteiger partial charge in [0.1, 0.15) is 23.0 Å². The number of anilines is 1. The molecule has 0 spiro atoms. The Morgan fingerprint density at radius 3 is 2.83 bits per heavy atom. The number of phenolic OH excluding ortho intramolecular Hbond substituents is 1. The number of carbonyl (C=O) groups excluding carboxylic acids is 1. The van der Waals surface area contributed by atoms with E-state index in [0.717, 1.165) is 36.3 Å². The molecule has 0 saturated carbocycles. The molecule has 0 radical (unpaired) electrons. The van der Waals surface area contributed by atoms with Crippen molar-refractivity contribution in [2.24, 2.45) is 0 Å². The number of pyridine rings is 1. The summed E-state index contributed by atoms with van der Waals surface area (Å²) in [6.45, 7) is 0.197. The predicted octanol–water partition coefficient (Wildman–Crippen LogP) is 2.99. The van der Waals surface area contributed by atoms with Gasteiger partial charge in [0.05, 0.1) is 13.7 Å². The highest BCUT2D eigenvalue weighted by Crippen LogP contribution is 2.31. The maximum absolute atomic E-state index is 12.7. The van der Waals surface area contributed by atoms with E-state index in [-0.39, 0.29) is 24.5 Å². The minimum Gasteiger partial charge on any atom is -0.508 e. The average Bonchev–Trinajstić information content (AvgIpc) is 3.23. The molecule has 2 heterocycles. The van der Waals surface area contributed by atoms with Crippen LogP contribution in [-0.4, -0.2) is 46.5 Å². The number of ether oxygens (including phenoxy) is 1. The Kier molecular flexibility index (Phi) is 5.61. The van der Waals surface area contributed by atoms with Gasteiger partial charge >= 0.3 is 0 Å². The minimum atomic E-state index is 0.00501. The Hall–Kier alpha value is -3.48. The summed E-state index contributed by atoms with van der Waals surface area (Å²) in [5.74, 6) is 2.14. The second-order valence-electron chi connectivity index (χ2n) is 7.43. The van der Waals surface area contributed by atoms with Crippen molar-refractivity contribution < 1.29 is 14.6 Å². The Bertz CT molecular complexity index is 1080. The molecule has 30 heavy (non-hydrogen) atoms. The van der Waals surface area contributed by atoms with Crippen molar-refractivity contribution in [1.82, 2.24) is 15.0 Å². The number of aromatic hydroxyl groups is 1. The lowest BCUT2D eigenvalue weighted by Crippen LogP contribution is -2.28. The summed E-state index contributed by atoms with van der Waals surface area (Å²) in [7, 11) is 3.48. The number of likely N-dealkylation sites (N-methyl/N-ethyl adjacent to an activating group) is 1. The van der Waals surface area contributed by atoms with E-state index in [1.54, 1.807) is 37.6 Å². The van der Waals surface area contributed by atoms with Gasteiger partial charge in [0.2, 0.25) is 0 Å². The highest BCUT2D eigenvalue weighted by atomic mass is 16.5. The third kappa shape index (κ3) is 4.10. The fraction of sp³-hybridized carbons (Fsp3) is 0.304. The lowest BCUT2D eigenvalue weighted by atomic mass is 10.1. The third-order valence-electron chi connectivity index (χ3n) is 5.26. The maximum Gasteiger partial charge on any atom is 0.180 e. The van der Waals surface area contributed by atoms with Crippen LogP contribution in [0, 0.1) is 0 Å². The second kappa shape index (κ2) is 8.49. The predicted molar refractivity (Wildman–Crippen MR) is 114 cm³/mol. The zero-order valence-electron chi connectivity index (χ0n) is 17.1. The number of hydrogen-bond acceptors (Lipinski definition) is 7. The van der Waals surface area contributed by atoms with Crippen molar-refractivity contribution in [2.75, 3.05) is 25.6 Å². The van der Waals surface area contributed by atoms with Crippen LogP contribution in [0.1, 0.15) is 23.2 Å². The van der Waals surface area contributed by atoms with E-state index in [1.165, 1.54) is 0 Å². The van der Waals surface area contributed by atoms with Gasteiger partial charge in [-0.15, -0.1) is 0 Å². The van der Waals surface area contributed by atoms with Crippen LogP contribution >= 0.6 is 0 Å². The van der Waals surface area contributed by atoms with Gasteiger partial charge < -0.3 is 14.7 Å². The second-order valence-corrected chi connectivity index (χ2v) is 7.43. The molecule has 154 valence electrons. The van der Waals surface area contributed by atoms with Gasteiger partial charge in [-0.2, -0.15) is 0 Å². The van der Waals surface area contributed by atoms with Crippen molar-refractivity contribution in [3.63, 3.8) is 0 Å². The molecule has 0 saturated heterocycles. The monoisotopic (exact) mass is 404 g/mol. The highest BCUT2D eigenvalue weighted by molar-refractivity contribution is 5.86. The van der Waals surface area contributed by atoms with Crippen molar-refractivity contribution in [3.8, 4) is 23.0 Å². The van der Waals surface area contributed by atoms with Gasteiger partial charge in [0, 0.05) is 42.6 Å². The van der Waals surface area contributed by atoms with Crippen LogP contribution in [-0.2, 0) is 24.1 Å². The number of carbonyl (C=O) groups is 1. The summed E-state index contributed by atoms with van der Waals surface area (Å²) in [6.07, 6.45) is 4.65. The summed E-state index contributed by atoms with van der Waals surface area (Å²) in [4.78, 5) is 28.4. The van der Waals surface area contributed by atoms with Crippen molar-refractivity contribution in [2.45, 2.75) is 25.7 Å². The Morgan fingerprint density at radius 1 is 1.20 bits per heavy atom. The van der Waals surface area contributed by atoms with E-state index >= 15 is 0 Å². The van der Waals surface area contributed by atoms with Crippen LogP contribution in [0.15, 0.2) is 42.6 Å². The van der Waals surface area contributed by atoms with E-state index in [2.05, 4.69) is 4.98 Å². The molecular weight excluding hydrogens is 380 g/mol. The number of Topliss-reactive ketones (excluding diaryl/α,β-unsaturated/α-hetero) is 1. The number of methoxy groups -OCH3 is 1. The molecule has 4 rings (SSSR count). The van der Waals surface area contributed by atoms with Crippen LogP contribution in [0.5, 0.6) is 11.5 Å². The van der Waals surface area contributed by atoms with Crippen LogP contribution < -0.4 is 9.64 Å². The first kappa shape index (κ1) is 19.8. The Morgan fingerprint density at radius 2 is 2.03 bits per heavy atom. The van der Waals surface area contributed by atoms with Crippen molar-refractivity contribution in [1.29, 1.82) is 0 Å². The number of phenols is 1. The molecule has 1 N–H and O–H groups in total. The molecule has 7 nitrogen and oxygen atoms in total. The first-order valence-electron chi connectivity index (χ1n) is 9.95. The number of hydrogen-bond donors (Lipinski definition) is 1. The highest BCUT2D eigenvalue weighted by Gasteiger charge is 2.23. The number of para-hydroxylation sites is 1. The zero-order chi connectivity index (χ0) is 21.1. The molecule has 7 heteroatoms. The van der Waals surface area contributed by atoms with Crippen LogP contribution in [0.3, 0.4) is 0 Å². The summed E-state index contributed by atoms with van der Waals surface area (Å²) in [5.41, 5.74) is 3.38. The van der Waals surface area contributed by atoms with Crippen LogP contribution in [0.25, 0.3) is 11.5 Å². The fourth-order valence-corrected chi connectivity index (χ4v) is 3.77. The van der Waals surface area contributed by atoms with Gasteiger partial charge in [-0.05, 0) is 31.4 Å². The number of nitrogens with zero attached hydrogens (tertiary/aromatic N) is 4. The van der Waals surface area contributed by atoms with Gasteiger partial charge in [0.25, 0.3) is 0 Å². The van der Waals surface area contributed by atoms with Gasteiger partial charge in [0.15, 0.2) is 11.6 Å². The molecule has 1 aliphatic rings. The minimum absolute atomic E-state index is 0.00501. The van der Waals surface area contributed by atoms with Gasteiger partial charge in [-0.1, -0.05) is 18.2 Å². The molecule has 0 fully saturated rings. The van der Waals surface area contributed by atoms with E-state index in [0.29, 0.717) is 22.8 Å². The fourth-order valence-electron chi connectivity index (χ4n) is 3.77. The normalized spacial score (nSPS) is 12.5. The number of rotatable bonds is 7. The molecule has 0 atom stereocenters. The molecule has 0 bridgehead atoms. The molecule has 0 amide bonds. The topological polar surface area (TPSA) is 88.4 Å². The molecule has 0 aliphatic heterocycles. The van der Waals surface area contributed by atoms with Gasteiger partial charge in [-0.25, -0.2) is 9.97 Å². The zero-order valence-corrected chi connectivity index (χ0v) is 17.1. The Balaban J connectivity index is 1.60. The molecule has 3 aromatic rings. The standard InChI is InChI=1S/C23H24N4O3/c1-27(14-16(28)12-15-6-3-4-9-21(15)29)23-18-7-5-8-19(18)25-22(26-23)20-13-17(30-2)10-11-24-20/h3-4,6,9-11,13,29H,5,7-8,12,14H2,1-2H3. The van der Waals surface area contributed by atoms with Crippen LogP contribution in [0.4, 0.5) is 5.82 Å². The third-order valence-corrected chi connectivity index (χ3v) is 5.26. The molecule has 1 aromatic carbocycles. The largest absolute Gasteiger partial charge is 0.508 e. The Labute approximate surface area is 175 Å². The molecule has 0 unspecified atom stereocenters. The SMILES string of the molecule is COc1ccnc(-c2nc3c(c(N(C)CC(=O)Cc4ccccc4O)n2)CCC3)c1. The maximum atomic E-state index is 12.7. The first-order valence-corrected chi connectivity index (χ1v) is 9.95. The molecular formula is C23H24N4O3. The van der Waals surface area contributed by atoms with Gasteiger partial charge in [-0.3, -0.25) is 9.78 Å². The molecule has 1 aliphatic carbocycles. The van der Waals surface area contributed by atoms with E-state index < -0.39 is 0 Å². The number of benzene rings is 1. The summed E-state index contributed by atoms with van der Waals surface area (Å²) < 4.78 is 5.29. The van der Waals surface area contributed by atoms with E-state index in [9.17, 15) is 9.90 Å². The average molecular weight is 404 g/mol. The summed E-state index contributed by atoms with van der Waals surface area (Å²) in [5, 5.41) is 9.94. The van der Waals surface area contributed by atoms with Crippen molar-refractivity contribution >= 4 is 11.6 Å². The number of aromatic nitrogens is 3. The smallest absolute Gasteiger partial charge is 0.180 e. The number of aryl methyl sites for hydroxylation is 1. The quantitative estimate of drug-likeness (QED) is 0.648. The molecule has 2 aromatic heterocycles. The van der Waals surface area contributed by atoms with Crippen molar-refractivity contribution in [3.05, 3.63) is 59.4 Å². The lowest BCUT2D eigenvalue weighted by Gasteiger charge is -2.21. The number of ketones is 1.